The number of nitrogens with one attached hydrogen (secondary N) is 2. The number of benzene rings is 3. The molecule has 1 unspecified atom stereocenters. The van der Waals surface area contributed by atoms with Crippen molar-refractivity contribution in [1.29, 1.82) is 0 Å². The summed E-state index contributed by atoms with van der Waals surface area (Å²) in [5.41, 5.74) is 6.41. The van der Waals surface area contributed by atoms with E-state index in [2.05, 4.69) is 21.3 Å². The number of carbonyl (C=O) groups is 2. The number of rotatable bonds is 3. The molecule has 7 aliphatic heterocycles. The Bertz CT molecular complexity index is 2290. The van der Waals surface area contributed by atoms with Gasteiger partial charge in [-0.1, -0.05) is 12.1 Å². The van der Waals surface area contributed by atoms with E-state index in [0.29, 0.717) is 53.8 Å². The number of thioether (sulfide) groups is 1. The highest BCUT2D eigenvalue weighted by Gasteiger charge is 2.55. The number of ether oxygens (including phenoxy) is 6. The Labute approximate surface area is 315 Å². The van der Waals surface area contributed by atoms with Crippen molar-refractivity contribution in [2.24, 2.45) is 0 Å². The number of aromatic hydroxyl groups is 1. The smallest absolute Gasteiger partial charge is 0.333 e. The predicted octanol–water partition coefficient (Wildman–Crippen LogP) is 5.31. The average Bonchev–Trinajstić information content (AvgIpc) is 3.80. The molecule has 0 saturated carbocycles. The van der Waals surface area contributed by atoms with Crippen molar-refractivity contribution in [2.75, 3.05) is 46.5 Å². The second-order valence-corrected chi connectivity index (χ2v) is 16.2. The van der Waals surface area contributed by atoms with E-state index < -0.39 is 28.8 Å². The van der Waals surface area contributed by atoms with Gasteiger partial charge in [0.05, 0.1) is 26.0 Å². The van der Waals surface area contributed by atoms with Gasteiger partial charge in [0, 0.05) is 64.2 Å². The molecule has 6 atom stereocenters. The van der Waals surface area contributed by atoms with Crippen LogP contribution in [0.4, 0.5) is 0 Å². The number of esters is 2. The molecule has 282 valence electrons. The first-order valence-electron chi connectivity index (χ1n) is 18.4. The fourth-order valence-electron chi connectivity index (χ4n) is 10.0. The molecular weight excluding hydrogens is 713 g/mol. The fourth-order valence-corrected chi connectivity index (χ4v) is 11.7. The van der Waals surface area contributed by atoms with E-state index in [9.17, 15) is 14.7 Å². The van der Waals surface area contributed by atoms with Crippen LogP contribution in [0, 0.1) is 13.8 Å². The Balaban J connectivity index is 1.20. The van der Waals surface area contributed by atoms with Crippen molar-refractivity contribution in [3.8, 4) is 34.5 Å². The van der Waals surface area contributed by atoms with E-state index >= 15 is 0 Å². The fraction of sp³-hybridized carbons (Fsp3) is 0.450. The Kier molecular flexibility index (Phi) is 7.65. The summed E-state index contributed by atoms with van der Waals surface area (Å²) in [6.07, 6.45) is 1.38. The Morgan fingerprint density at radius 2 is 1.91 bits per heavy atom. The minimum absolute atomic E-state index is 0.000402. The third-order valence-electron chi connectivity index (χ3n) is 12.2. The zero-order valence-corrected chi connectivity index (χ0v) is 31.5. The number of aryl methyl sites for hydroxylation is 1. The van der Waals surface area contributed by atoms with E-state index in [4.69, 9.17) is 33.7 Å². The zero-order chi connectivity index (χ0) is 37.2. The largest absolute Gasteiger partial charge is 0.650 e. The summed E-state index contributed by atoms with van der Waals surface area (Å²) in [6.45, 7) is 6.40. The third-order valence-corrected chi connectivity index (χ3v) is 13.7. The molecule has 4 aromatic rings. The lowest BCUT2D eigenvalue weighted by molar-refractivity contribution is -0.154. The van der Waals surface area contributed by atoms with Crippen LogP contribution in [0.25, 0.3) is 16.2 Å². The number of nitrogens with zero attached hydrogens (tertiary/aromatic N) is 2. The third kappa shape index (κ3) is 4.63. The number of hydrogen-bond donors (Lipinski definition) is 3. The molecule has 54 heavy (non-hydrogen) atoms. The number of H-pyrrole nitrogens is 1. The number of methoxy groups -OCH3 is 2. The molecule has 11 rings (SSSR count). The van der Waals surface area contributed by atoms with Gasteiger partial charge < -0.3 is 43.8 Å². The number of fused-ring (bicyclic) bond motifs is 11. The van der Waals surface area contributed by atoms with Crippen LogP contribution in [0.15, 0.2) is 24.3 Å². The van der Waals surface area contributed by atoms with Gasteiger partial charge in [0.2, 0.25) is 6.79 Å². The molecule has 13 nitrogen and oxygen atoms in total. The summed E-state index contributed by atoms with van der Waals surface area (Å²) in [5.74, 6) is 2.21. The lowest BCUT2D eigenvalue weighted by Gasteiger charge is -2.64. The molecule has 1 spiro atoms. The molecule has 1 aromatic heterocycles. The summed E-state index contributed by atoms with van der Waals surface area (Å²) < 4.78 is 36.2. The minimum Gasteiger partial charge on any atom is -0.650 e. The van der Waals surface area contributed by atoms with Crippen LogP contribution in [0.5, 0.6) is 34.5 Å². The highest BCUT2D eigenvalue weighted by molar-refractivity contribution is 7.99. The number of phenolic OH excluding ortho intramolecular Hbond substituents is 1. The first kappa shape index (κ1) is 33.9. The summed E-state index contributed by atoms with van der Waals surface area (Å²) in [7, 11) is 3.20. The topological polar surface area (TPSA) is 155 Å². The van der Waals surface area contributed by atoms with Gasteiger partial charge in [0.1, 0.15) is 18.1 Å². The quantitative estimate of drug-likeness (QED) is 0.184. The number of hydrogen-bond acceptors (Lipinski definition) is 12. The lowest BCUT2D eigenvalue weighted by Crippen LogP contribution is -2.60. The first-order chi connectivity index (χ1) is 26.1. The van der Waals surface area contributed by atoms with Crippen molar-refractivity contribution in [1.82, 2.24) is 15.2 Å². The molecule has 2 fully saturated rings. The molecule has 3 aromatic carbocycles. The highest BCUT2D eigenvalue weighted by Crippen LogP contribution is 2.64. The molecule has 8 heterocycles. The molecule has 4 bridgehead atoms. The van der Waals surface area contributed by atoms with Gasteiger partial charge in [0.25, 0.3) is 0 Å². The number of carbonyl (C=O) groups excluding carboxylic acids is 2. The highest BCUT2D eigenvalue weighted by atomic mass is 32.2. The van der Waals surface area contributed by atoms with Gasteiger partial charge in [-0.25, -0.2) is 4.79 Å². The maximum atomic E-state index is 14.8. The van der Waals surface area contributed by atoms with Gasteiger partial charge >= 0.3 is 11.9 Å². The SMILES string of the molecule is COc1ccc2c3c([nH]c2c1)[C@@]1(CS[C@@H]2c4c(OC(C)=O)c(C)c5c(c4[C@H](COC1=O)N1C[C@@H]4Cc6cc(C)c(OC)c(O)c6[C@@H]([N-]4)C21)OCO5)NCC3. The van der Waals surface area contributed by atoms with Crippen molar-refractivity contribution in [3.63, 3.8) is 0 Å². The van der Waals surface area contributed by atoms with Gasteiger partial charge in [-0.05, 0) is 67.6 Å². The second-order valence-electron chi connectivity index (χ2n) is 15.0. The van der Waals surface area contributed by atoms with Crippen LogP contribution in [-0.2, 0) is 32.7 Å². The van der Waals surface area contributed by atoms with Gasteiger partial charge in [-0.3, -0.25) is 15.0 Å². The normalized spacial score (nSPS) is 27.8. The molecule has 3 N–H and O–H groups in total. The lowest BCUT2D eigenvalue weighted by atomic mass is 9.74. The van der Waals surface area contributed by atoms with Crippen LogP contribution in [0.3, 0.4) is 0 Å². The zero-order valence-electron chi connectivity index (χ0n) is 30.7. The van der Waals surface area contributed by atoms with E-state index in [0.717, 1.165) is 56.4 Å². The maximum Gasteiger partial charge on any atom is 0.333 e. The van der Waals surface area contributed by atoms with Crippen molar-refractivity contribution in [2.45, 2.75) is 68.6 Å². The van der Waals surface area contributed by atoms with Gasteiger partial charge in [-0.2, -0.15) is 0 Å². The number of aromatic nitrogens is 1. The summed E-state index contributed by atoms with van der Waals surface area (Å²) >= 11 is 1.60. The Morgan fingerprint density at radius 1 is 1.07 bits per heavy atom. The minimum atomic E-state index is -1.22. The van der Waals surface area contributed by atoms with E-state index in [-0.39, 0.29) is 43.0 Å². The van der Waals surface area contributed by atoms with Gasteiger partial charge in [-0.15, -0.1) is 17.8 Å². The van der Waals surface area contributed by atoms with Crippen LogP contribution >= 0.6 is 11.8 Å². The standard InChI is InChI=1S/C40H41N4O9S/c1-17-10-20-11-21-13-44-26-14-50-39(47)40(38-24(8-9-41-40)23-7-6-22(48-4)12-25(23)43-38)15-54-37(31(44)30(42-21)27(20)32(46)33(17)49-5)29-28(26)36-35(51-16-52-36)18(2)34(29)53-19(3)45/h6-7,10,12,21,26,30-31,37,41,43,46H,8-9,11,13-16H2,1-5H3/q-1/t21-,26-,30+,31?,37+,40+/m0/s1. The van der Waals surface area contributed by atoms with Crippen molar-refractivity contribution < 1.29 is 43.1 Å². The van der Waals surface area contributed by atoms with E-state index in [1.54, 1.807) is 26.0 Å². The van der Waals surface area contributed by atoms with E-state index in [1.165, 1.54) is 6.92 Å². The number of piperazine rings is 1. The molecule has 0 amide bonds. The number of phenols is 1. The van der Waals surface area contributed by atoms with Crippen LogP contribution in [-0.4, -0.2) is 85.5 Å². The van der Waals surface area contributed by atoms with Crippen molar-refractivity contribution in [3.05, 3.63) is 74.2 Å². The Hall–Kier alpha value is -4.63. The molecule has 0 radical (unpaired) electrons. The molecular formula is C40H41N4O9S-. The second kappa shape index (κ2) is 12.2. The summed E-state index contributed by atoms with van der Waals surface area (Å²) in [6, 6.07) is 6.67. The molecule has 2 saturated heterocycles. The summed E-state index contributed by atoms with van der Waals surface area (Å²) in [5, 5.41) is 21.5. The van der Waals surface area contributed by atoms with Crippen molar-refractivity contribution >= 4 is 34.6 Å². The van der Waals surface area contributed by atoms with E-state index in [1.807, 2.05) is 32.0 Å². The molecule has 7 aliphatic rings. The monoisotopic (exact) mass is 753 g/mol. The predicted molar refractivity (Wildman–Crippen MR) is 199 cm³/mol. The van der Waals surface area contributed by atoms with Crippen LogP contribution in [0.1, 0.15) is 68.9 Å². The van der Waals surface area contributed by atoms with Crippen LogP contribution in [0.2, 0.25) is 0 Å². The molecule has 14 heteroatoms. The average molecular weight is 754 g/mol. The summed E-state index contributed by atoms with van der Waals surface area (Å²) in [4.78, 5) is 33.6. The maximum absolute atomic E-state index is 14.8. The number of aromatic amines is 1. The molecule has 0 aliphatic carbocycles. The Morgan fingerprint density at radius 3 is 2.70 bits per heavy atom. The first-order valence-corrected chi connectivity index (χ1v) is 19.4. The van der Waals surface area contributed by atoms with Gasteiger partial charge in [0.15, 0.2) is 28.5 Å². The van der Waals surface area contributed by atoms with Crippen LogP contribution < -0.4 is 29.0 Å².